The number of hydrogen-bond acceptors (Lipinski definition) is 5. The molecule has 0 radical (unpaired) electrons. The topological polar surface area (TPSA) is 70.6 Å². The van der Waals surface area contributed by atoms with E-state index < -0.39 is 0 Å². The van der Waals surface area contributed by atoms with Crippen LogP contribution in [0.5, 0.6) is 11.5 Å². The van der Waals surface area contributed by atoms with E-state index in [1.165, 1.54) is 0 Å². The van der Waals surface area contributed by atoms with Crippen LogP contribution in [0.25, 0.3) is 17.1 Å². The SMILES string of the molecule is O=C1C(=Cc2cccc(Oc3ccccc3)c2)N=C(c2ccccc2)N1c1nc2ccc(Sc3ccccc3)cc2[nH]1. The Hall–Kier alpha value is -5.40. The van der Waals surface area contributed by atoms with Gasteiger partial charge in [0.2, 0.25) is 5.95 Å². The van der Waals surface area contributed by atoms with Crippen LogP contribution in [0.15, 0.2) is 154 Å². The van der Waals surface area contributed by atoms with Crippen LogP contribution in [0, 0.1) is 0 Å². The average Bonchev–Trinajstić information content (AvgIpc) is 3.59. The fourth-order valence-corrected chi connectivity index (χ4v) is 5.59. The van der Waals surface area contributed by atoms with Gasteiger partial charge >= 0.3 is 0 Å². The molecule has 0 aliphatic carbocycles. The number of amides is 1. The minimum absolute atomic E-state index is 0.263. The van der Waals surface area contributed by atoms with E-state index in [0.29, 0.717) is 23.2 Å². The Labute approximate surface area is 247 Å². The maximum atomic E-state index is 13.9. The van der Waals surface area contributed by atoms with Crippen molar-refractivity contribution in [2.45, 2.75) is 9.79 Å². The molecule has 202 valence electrons. The number of rotatable bonds is 7. The molecule has 0 saturated carbocycles. The third kappa shape index (κ3) is 5.33. The highest BCUT2D eigenvalue weighted by Gasteiger charge is 2.34. The molecule has 5 aromatic carbocycles. The van der Waals surface area contributed by atoms with Gasteiger partial charge in [-0.15, -0.1) is 0 Å². The first kappa shape index (κ1) is 25.6. The minimum Gasteiger partial charge on any atom is -0.457 e. The highest BCUT2D eigenvalue weighted by molar-refractivity contribution is 7.99. The van der Waals surface area contributed by atoms with Crippen LogP contribution in [-0.4, -0.2) is 21.7 Å². The summed E-state index contributed by atoms with van der Waals surface area (Å²) in [4.78, 5) is 30.6. The van der Waals surface area contributed by atoms with E-state index >= 15 is 0 Å². The Kier molecular flexibility index (Phi) is 6.84. The van der Waals surface area contributed by atoms with Gasteiger partial charge in [-0.25, -0.2) is 14.9 Å². The number of benzene rings is 5. The highest BCUT2D eigenvalue weighted by Crippen LogP contribution is 2.32. The van der Waals surface area contributed by atoms with Crippen LogP contribution in [0.3, 0.4) is 0 Å². The van der Waals surface area contributed by atoms with Crippen LogP contribution in [0.2, 0.25) is 0 Å². The fourth-order valence-electron chi connectivity index (χ4n) is 4.71. The highest BCUT2D eigenvalue weighted by atomic mass is 32.2. The molecule has 0 unspecified atom stereocenters. The van der Waals surface area contributed by atoms with Crippen molar-refractivity contribution in [3.05, 3.63) is 150 Å². The summed E-state index contributed by atoms with van der Waals surface area (Å²) in [7, 11) is 0. The van der Waals surface area contributed by atoms with Gasteiger partial charge < -0.3 is 9.72 Å². The van der Waals surface area contributed by atoms with Crippen molar-refractivity contribution in [1.29, 1.82) is 0 Å². The second kappa shape index (κ2) is 11.2. The molecular weight excluding hydrogens is 540 g/mol. The number of fused-ring (bicyclic) bond motifs is 1. The molecule has 1 aromatic heterocycles. The van der Waals surface area contributed by atoms with Crippen molar-refractivity contribution in [2.24, 2.45) is 4.99 Å². The second-order valence-corrected chi connectivity index (χ2v) is 10.8. The van der Waals surface area contributed by atoms with E-state index in [1.54, 1.807) is 22.7 Å². The number of anilines is 1. The van der Waals surface area contributed by atoms with Gasteiger partial charge in [0.05, 0.1) is 11.0 Å². The minimum atomic E-state index is -0.263. The second-order valence-electron chi connectivity index (χ2n) is 9.61. The van der Waals surface area contributed by atoms with Gasteiger partial charge in [-0.05, 0) is 66.2 Å². The van der Waals surface area contributed by atoms with Gasteiger partial charge in [-0.1, -0.05) is 90.6 Å². The zero-order valence-electron chi connectivity index (χ0n) is 22.3. The first-order chi connectivity index (χ1) is 20.7. The molecule has 7 heteroatoms. The van der Waals surface area contributed by atoms with Gasteiger partial charge in [-0.2, -0.15) is 0 Å². The molecule has 1 amide bonds. The lowest BCUT2D eigenvalue weighted by atomic mass is 10.2. The molecule has 2 heterocycles. The Morgan fingerprint density at radius 3 is 2.21 bits per heavy atom. The summed E-state index contributed by atoms with van der Waals surface area (Å²) in [5.74, 6) is 2.09. The summed E-state index contributed by atoms with van der Waals surface area (Å²) in [6.07, 6.45) is 1.78. The standard InChI is InChI=1S/C35H24N4O2S/c40-34-32(22-24-11-10-16-27(21-24)41-26-14-6-2-7-15-26)36-33(25-12-4-1-5-13-25)39(34)35-37-30-20-19-29(23-31(30)38-35)42-28-17-8-3-9-18-28/h1-23H,(H,37,38). The monoisotopic (exact) mass is 564 g/mol. The van der Waals surface area contributed by atoms with Crippen molar-refractivity contribution in [1.82, 2.24) is 9.97 Å². The molecule has 42 heavy (non-hydrogen) atoms. The number of para-hydroxylation sites is 1. The van der Waals surface area contributed by atoms with Crippen LogP contribution >= 0.6 is 11.8 Å². The molecule has 1 aliphatic rings. The molecular formula is C35H24N4O2S. The summed E-state index contributed by atoms with van der Waals surface area (Å²) in [6, 6.07) is 43.1. The average molecular weight is 565 g/mol. The number of aliphatic imine (C=N–C) groups is 1. The Morgan fingerprint density at radius 1 is 0.714 bits per heavy atom. The summed E-state index contributed by atoms with van der Waals surface area (Å²) >= 11 is 1.67. The summed E-state index contributed by atoms with van der Waals surface area (Å²) in [5, 5.41) is 0. The van der Waals surface area contributed by atoms with Gasteiger partial charge in [0, 0.05) is 15.4 Å². The van der Waals surface area contributed by atoms with Crippen LogP contribution in [-0.2, 0) is 4.79 Å². The first-order valence-electron chi connectivity index (χ1n) is 13.5. The lowest BCUT2D eigenvalue weighted by molar-refractivity contribution is -0.113. The van der Waals surface area contributed by atoms with Crippen molar-refractivity contribution >= 4 is 46.6 Å². The van der Waals surface area contributed by atoms with Crippen LogP contribution in [0.1, 0.15) is 11.1 Å². The van der Waals surface area contributed by atoms with Gasteiger partial charge in [-0.3, -0.25) is 4.79 Å². The molecule has 1 aliphatic heterocycles. The Balaban J connectivity index is 1.23. The maximum absolute atomic E-state index is 13.9. The van der Waals surface area contributed by atoms with Crippen molar-refractivity contribution in [3.8, 4) is 11.5 Å². The third-order valence-electron chi connectivity index (χ3n) is 6.66. The number of aromatic amines is 1. The number of carbonyl (C=O) groups excluding carboxylic acids is 1. The van der Waals surface area contributed by atoms with E-state index in [4.69, 9.17) is 14.7 Å². The third-order valence-corrected chi connectivity index (χ3v) is 7.66. The quantitative estimate of drug-likeness (QED) is 0.198. The lowest BCUT2D eigenvalue weighted by Gasteiger charge is -2.15. The predicted octanol–water partition coefficient (Wildman–Crippen LogP) is 8.34. The number of nitrogens with one attached hydrogen (secondary N) is 1. The van der Waals surface area contributed by atoms with E-state index in [9.17, 15) is 4.79 Å². The molecule has 0 spiro atoms. The Bertz CT molecular complexity index is 1950. The van der Waals surface area contributed by atoms with Gasteiger partial charge in [0.15, 0.2) is 5.84 Å². The zero-order chi connectivity index (χ0) is 28.3. The molecule has 0 fully saturated rings. The number of H-pyrrole nitrogens is 1. The first-order valence-corrected chi connectivity index (χ1v) is 14.3. The molecule has 0 bridgehead atoms. The van der Waals surface area contributed by atoms with Gasteiger partial charge in [0.25, 0.3) is 5.91 Å². The van der Waals surface area contributed by atoms with Crippen molar-refractivity contribution in [2.75, 3.05) is 4.90 Å². The van der Waals surface area contributed by atoms with Crippen molar-refractivity contribution in [3.63, 3.8) is 0 Å². The maximum Gasteiger partial charge on any atom is 0.285 e. The van der Waals surface area contributed by atoms with E-state index in [0.717, 1.165) is 37.7 Å². The molecule has 1 N–H and O–H groups in total. The van der Waals surface area contributed by atoms with Crippen LogP contribution in [0.4, 0.5) is 5.95 Å². The van der Waals surface area contributed by atoms with Crippen molar-refractivity contribution < 1.29 is 9.53 Å². The van der Waals surface area contributed by atoms with E-state index in [1.807, 2.05) is 115 Å². The number of hydrogen-bond donors (Lipinski definition) is 1. The Morgan fingerprint density at radius 2 is 1.43 bits per heavy atom. The number of amidine groups is 1. The normalized spacial score (nSPS) is 14.0. The number of aromatic nitrogens is 2. The number of carbonyl (C=O) groups is 1. The molecule has 0 atom stereocenters. The molecule has 7 rings (SSSR count). The van der Waals surface area contributed by atoms with Gasteiger partial charge in [0.1, 0.15) is 17.2 Å². The lowest BCUT2D eigenvalue weighted by Crippen LogP contribution is -2.33. The summed E-state index contributed by atoms with van der Waals surface area (Å²) < 4.78 is 5.99. The van der Waals surface area contributed by atoms with Crippen LogP contribution < -0.4 is 9.64 Å². The summed E-state index contributed by atoms with van der Waals surface area (Å²) in [6.45, 7) is 0. The predicted molar refractivity (Wildman–Crippen MR) is 168 cm³/mol. The van der Waals surface area contributed by atoms with E-state index in [-0.39, 0.29) is 5.91 Å². The largest absolute Gasteiger partial charge is 0.457 e. The molecule has 6 aromatic rings. The molecule has 6 nitrogen and oxygen atoms in total. The summed E-state index contributed by atoms with van der Waals surface area (Å²) in [5.41, 5.74) is 3.54. The number of nitrogens with zero attached hydrogens (tertiary/aromatic N) is 3. The zero-order valence-corrected chi connectivity index (χ0v) is 23.2. The molecule has 0 saturated heterocycles. The number of ether oxygens (including phenoxy) is 1. The number of imidazole rings is 1. The fraction of sp³-hybridized carbons (Fsp3) is 0. The smallest absolute Gasteiger partial charge is 0.285 e. The van der Waals surface area contributed by atoms with E-state index in [2.05, 4.69) is 23.2 Å².